The second kappa shape index (κ2) is 7.54. The van der Waals surface area contributed by atoms with Gasteiger partial charge in [-0.05, 0) is 5.56 Å². The fraction of sp³-hybridized carbons (Fsp3) is 0.571. The standard InChI is InChI=1S/C14H8Br10O/c15-9-10(16,8-7(25-8)6-4-2-1-3-5-6)12(19,20)14(23,24)13(21,22)11(9,17)18/h1-5,7-9H. The fourth-order valence-corrected chi connectivity index (χ4v) is 14.5. The Morgan fingerprint density at radius 3 is 1.76 bits per heavy atom. The van der Waals surface area contributed by atoms with E-state index in [9.17, 15) is 0 Å². The number of halogens is 10. The summed E-state index contributed by atoms with van der Waals surface area (Å²) in [6, 6.07) is 10.2. The third-order valence-electron chi connectivity index (χ3n) is 4.41. The zero-order valence-electron chi connectivity index (χ0n) is 11.8. The van der Waals surface area contributed by atoms with E-state index in [1.54, 1.807) is 0 Å². The van der Waals surface area contributed by atoms with Gasteiger partial charge in [0.05, 0.1) is 9.15 Å². The van der Waals surface area contributed by atoms with Crippen LogP contribution in [0.25, 0.3) is 0 Å². The molecular formula is C14H8Br10O. The van der Waals surface area contributed by atoms with E-state index in [0.717, 1.165) is 5.56 Å². The summed E-state index contributed by atoms with van der Waals surface area (Å²) in [5.74, 6) is 0. The Labute approximate surface area is 230 Å². The van der Waals surface area contributed by atoms with Crippen LogP contribution in [0.5, 0.6) is 0 Å². The molecule has 0 amide bonds. The highest BCUT2D eigenvalue weighted by atomic mass is 79.9. The Hall–Kier alpha value is 3.98. The molecule has 1 aliphatic heterocycles. The predicted octanol–water partition coefficient (Wildman–Crippen LogP) is 8.98. The summed E-state index contributed by atoms with van der Waals surface area (Å²) >= 11 is 38.7. The van der Waals surface area contributed by atoms with Crippen LogP contribution in [0.4, 0.5) is 0 Å². The molecule has 0 spiro atoms. The average Bonchev–Trinajstić information content (AvgIpc) is 3.33. The van der Waals surface area contributed by atoms with E-state index in [4.69, 9.17) is 4.74 Å². The van der Waals surface area contributed by atoms with Crippen molar-refractivity contribution < 1.29 is 4.74 Å². The largest absolute Gasteiger partial charge is 0.363 e. The molecule has 0 radical (unpaired) electrons. The normalized spacial score (nSPS) is 40.5. The molecule has 2 fully saturated rings. The molecule has 0 aromatic heterocycles. The van der Waals surface area contributed by atoms with Crippen LogP contribution in [-0.2, 0) is 4.74 Å². The maximum Gasteiger partial charge on any atom is 0.134 e. The highest BCUT2D eigenvalue weighted by Crippen LogP contribution is 2.79. The third kappa shape index (κ3) is 3.27. The van der Waals surface area contributed by atoms with E-state index >= 15 is 0 Å². The SMILES string of the molecule is BrC1C(Br)(Br)C(Br)(Br)C(Br)(Br)C(Br)(Br)C1(Br)C1OC1c1ccccc1. The molecule has 1 aromatic rings. The molecule has 1 aromatic carbocycles. The molecule has 4 unspecified atom stereocenters. The minimum Gasteiger partial charge on any atom is -0.363 e. The summed E-state index contributed by atoms with van der Waals surface area (Å²) in [5.41, 5.74) is 1.15. The minimum atomic E-state index is -0.687. The first-order chi connectivity index (χ1) is 11.2. The van der Waals surface area contributed by atoms with Crippen LogP contribution in [0.15, 0.2) is 30.3 Å². The first-order valence-electron chi connectivity index (χ1n) is 6.79. The number of rotatable bonds is 2. The van der Waals surface area contributed by atoms with Crippen molar-refractivity contribution in [1.82, 2.24) is 0 Å². The quantitative estimate of drug-likeness (QED) is 0.213. The number of epoxide rings is 1. The lowest BCUT2D eigenvalue weighted by molar-refractivity contribution is 0.301. The third-order valence-corrected chi connectivity index (χ3v) is 26.0. The van der Waals surface area contributed by atoms with E-state index in [1.165, 1.54) is 0 Å². The van der Waals surface area contributed by atoms with Gasteiger partial charge in [-0.25, -0.2) is 0 Å². The maximum absolute atomic E-state index is 6.16. The van der Waals surface area contributed by atoms with E-state index in [-0.39, 0.29) is 17.0 Å². The Morgan fingerprint density at radius 2 is 1.24 bits per heavy atom. The lowest BCUT2D eigenvalue weighted by Crippen LogP contribution is -2.76. The molecule has 2 aliphatic rings. The predicted molar refractivity (Wildman–Crippen MR) is 141 cm³/mol. The zero-order chi connectivity index (χ0) is 19.1. The Morgan fingerprint density at radius 1 is 0.720 bits per heavy atom. The van der Waals surface area contributed by atoms with Gasteiger partial charge < -0.3 is 4.74 Å². The first kappa shape index (κ1) is 23.6. The van der Waals surface area contributed by atoms with Crippen molar-refractivity contribution in [2.24, 2.45) is 0 Å². The number of hydrogen-bond donors (Lipinski definition) is 0. The molecule has 1 nitrogen and oxygen atoms in total. The molecule has 3 rings (SSSR count). The molecule has 1 saturated heterocycles. The summed E-state index contributed by atoms with van der Waals surface area (Å²) in [6.07, 6.45) is -0.0853. The first-order valence-corrected chi connectivity index (χ1v) is 14.8. The molecule has 11 heteroatoms. The molecule has 1 heterocycles. The van der Waals surface area contributed by atoms with Gasteiger partial charge in [0.15, 0.2) is 0 Å². The second-order valence-corrected chi connectivity index (χ2v) is 22.0. The van der Waals surface area contributed by atoms with Crippen LogP contribution in [0.2, 0.25) is 0 Å². The number of alkyl halides is 10. The molecule has 0 N–H and O–H groups in total. The maximum atomic E-state index is 6.16. The van der Waals surface area contributed by atoms with Gasteiger partial charge in [0.1, 0.15) is 25.1 Å². The summed E-state index contributed by atoms with van der Waals surface area (Å²) in [7, 11) is 0. The lowest BCUT2D eigenvalue weighted by Gasteiger charge is -2.62. The van der Waals surface area contributed by atoms with Gasteiger partial charge in [-0.1, -0.05) is 190 Å². The number of benzene rings is 1. The van der Waals surface area contributed by atoms with Crippen molar-refractivity contribution in [1.29, 1.82) is 0 Å². The Balaban J connectivity index is 2.09. The minimum absolute atomic E-state index is 0.000138. The van der Waals surface area contributed by atoms with Gasteiger partial charge in [-0.3, -0.25) is 0 Å². The van der Waals surface area contributed by atoms with Gasteiger partial charge in [-0.2, -0.15) is 0 Å². The van der Waals surface area contributed by atoms with Crippen LogP contribution in [0, 0.1) is 0 Å². The van der Waals surface area contributed by atoms with Crippen LogP contribution in [0.1, 0.15) is 11.7 Å². The topological polar surface area (TPSA) is 12.5 Å². The highest BCUT2D eigenvalue weighted by Gasteiger charge is 2.83. The molecule has 1 aliphatic carbocycles. The van der Waals surface area contributed by atoms with Crippen LogP contribution in [-0.4, -0.2) is 28.2 Å². The van der Waals surface area contributed by atoms with Crippen molar-refractivity contribution in [3.63, 3.8) is 0 Å². The van der Waals surface area contributed by atoms with E-state index in [0.29, 0.717) is 0 Å². The Kier molecular flexibility index (Phi) is 7.13. The van der Waals surface area contributed by atoms with Gasteiger partial charge in [0, 0.05) is 0 Å². The van der Waals surface area contributed by atoms with E-state index < -0.39 is 17.3 Å². The zero-order valence-corrected chi connectivity index (χ0v) is 27.7. The van der Waals surface area contributed by atoms with E-state index in [2.05, 4.69) is 171 Å². The van der Waals surface area contributed by atoms with Gasteiger partial charge in [-0.15, -0.1) is 0 Å². The number of hydrogen-bond acceptors (Lipinski definition) is 1. The molecule has 0 bridgehead atoms. The molecule has 1 saturated carbocycles. The summed E-state index contributed by atoms with van der Waals surface area (Å²) in [4.78, 5) is -0.119. The summed E-state index contributed by atoms with van der Waals surface area (Å²) in [5, 5.41) is 0. The monoisotopic (exact) mass is 981 g/mol. The van der Waals surface area contributed by atoms with Crippen molar-refractivity contribution >= 4 is 159 Å². The van der Waals surface area contributed by atoms with Crippen molar-refractivity contribution in [3.05, 3.63) is 35.9 Å². The van der Waals surface area contributed by atoms with Crippen LogP contribution in [0.3, 0.4) is 0 Å². The lowest BCUT2D eigenvalue weighted by atomic mass is 9.83. The molecule has 4 atom stereocenters. The van der Waals surface area contributed by atoms with Crippen molar-refractivity contribution in [2.45, 2.75) is 34.3 Å². The van der Waals surface area contributed by atoms with Gasteiger partial charge >= 0.3 is 0 Å². The van der Waals surface area contributed by atoms with Gasteiger partial charge in [0.25, 0.3) is 0 Å². The van der Waals surface area contributed by atoms with E-state index in [1.807, 2.05) is 18.2 Å². The summed E-state index contributed by atoms with van der Waals surface area (Å²) in [6.45, 7) is 0. The van der Waals surface area contributed by atoms with Crippen molar-refractivity contribution in [2.75, 3.05) is 0 Å². The molecule has 140 valence electrons. The summed E-state index contributed by atoms with van der Waals surface area (Å²) < 4.78 is 3.00. The highest BCUT2D eigenvalue weighted by molar-refractivity contribution is 9.35. The van der Waals surface area contributed by atoms with Crippen LogP contribution >= 0.6 is 159 Å². The molecule has 25 heavy (non-hydrogen) atoms. The van der Waals surface area contributed by atoms with Gasteiger partial charge in [0.2, 0.25) is 0 Å². The second-order valence-electron chi connectivity index (χ2n) is 5.86. The van der Waals surface area contributed by atoms with Crippen LogP contribution < -0.4 is 0 Å². The Bertz CT molecular complexity index is 675. The molecular weight excluding hydrogens is 983 g/mol. The number of ether oxygens (including phenoxy) is 1. The fourth-order valence-electron chi connectivity index (χ4n) is 2.88. The average molecular weight is 991 g/mol. The van der Waals surface area contributed by atoms with Crippen molar-refractivity contribution in [3.8, 4) is 0 Å². The smallest absolute Gasteiger partial charge is 0.134 e.